The van der Waals surface area contributed by atoms with Crippen LogP contribution in [-0.4, -0.2) is 24.5 Å². The number of hydrogen-bond acceptors (Lipinski definition) is 2. The second-order valence-corrected chi connectivity index (χ2v) is 6.76. The van der Waals surface area contributed by atoms with Crippen molar-refractivity contribution in [2.45, 2.75) is 31.8 Å². The third-order valence-corrected chi connectivity index (χ3v) is 5.05. The molecule has 1 fully saturated rings. The highest BCUT2D eigenvalue weighted by atomic mass is 35.5. The van der Waals surface area contributed by atoms with Gasteiger partial charge in [-0.25, -0.2) is 4.39 Å². The first-order chi connectivity index (χ1) is 11.8. The van der Waals surface area contributed by atoms with Crippen molar-refractivity contribution in [1.29, 1.82) is 0 Å². The molecule has 1 unspecified atom stereocenters. The van der Waals surface area contributed by atoms with Gasteiger partial charge in [-0.1, -0.05) is 54.4 Å². The molecule has 4 heteroatoms. The van der Waals surface area contributed by atoms with Crippen molar-refractivity contribution in [3.63, 3.8) is 0 Å². The molecule has 1 aliphatic rings. The topological polar surface area (TPSA) is 15.3 Å². The third-order valence-electron chi connectivity index (χ3n) is 4.71. The molecule has 1 N–H and O–H groups in total. The predicted octanol–water partition coefficient (Wildman–Crippen LogP) is 4.80. The first-order valence-corrected chi connectivity index (χ1v) is 9.06. The average Bonchev–Trinajstić information content (AvgIpc) is 2.62. The summed E-state index contributed by atoms with van der Waals surface area (Å²) in [5, 5.41) is 4.23. The third kappa shape index (κ3) is 4.35. The fraction of sp³-hybridized carbons (Fsp3) is 0.400. The highest BCUT2D eigenvalue weighted by molar-refractivity contribution is 6.31. The Labute approximate surface area is 148 Å². The zero-order chi connectivity index (χ0) is 16.8. The van der Waals surface area contributed by atoms with Crippen LogP contribution in [0.1, 0.15) is 36.4 Å². The van der Waals surface area contributed by atoms with Gasteiger partial charge in [0.1, 0.15) is 5.82 Å². The second kappa shape index (κ2) is 8.61. The molecule has 2 aromatic carbocycles. The van der Waals surface area contributed by atoms with Crippen LogP contribution in [0.5, 0.6) is 0 Å². The SMILES string of the molecule is Fc1ccccc1CNCC(c1ccccc1Cl)N1CCCCC1. The van der Waals surface area contributed by atoms with Crippen LogP contribution in [0.2, 0.25) is 5.02 Å². The van der Waals surface area contributed by atoms with E-state index in [0.717, 1.165) is 30.2 Å². The minimum atomic E-state index is -0.155. The summed E-state index contributed by atoms with van der Waals surface area (Å²) < 4.78 is 13.8. The van der Waals surface area contributed by atoms with Gasteiger partial charge in [0.15, 0.2) is 0 Å². The summed E-state index contributed by atoms with van der Waals surface area (Å²) in [6.07, 6.45) is 3.76. The molecular formula is C20H24ClFN2. The van der Waals surface area contributed by atoms with Gasteiger partial charge < -0.3 is 5.32 Å². The summed E-state index contributed by atoms with van der Waals surface area (Å²) in [6, 6.07) is 15.2. The van der Waals surface area contributed by atoms with Crippen molar-refractivity contribution in [2.75, 3.05) is 19.6 Å². The first kappa shape index (κ1) is 17.4. The Morgan fingerprint density at radius 2 is 1.71 bits per heavy atom. The molecule has 0 aromatic heterocycles. The van der Waals surface area contributed by atoms with E-state index in [9.17, 15) is 4.39 Å². The molecule has 2 nitrogen and oxygen atoms in total. The van der Waals surface area contributed by atoms with Gasteiger partial charge in [0.2, 0.25) is 0 Å². The van der Waals surface area contributed by atoms with E-state index >= 15 is 0 Å². The lowest BCUT2D eigenvalue weighted by Gasteiger charge is -2.35. The predicted molar refractivity (Wildman–Crippen MR) is 97.7 cm³/mol. The van der Waals surface area contributed by atoms with Gasteiger partial charge in [-0.05, 0) is 43.6 Å². The van der Waals surface area contributed by atoms with Gasteiger partial charge in [-0.3, -0.25) is 4.90 Å². The van der Waals surface area contributed by atoms with Crippen LogP contribution in [0.15, 0.2) is 48.5 Å². The van der Waals surface area contributed by atoms with Gasteiger partial charge >= 0.3 is 0 Å². The zero-order valence-corrected chi connectivity index (χ0v) is 14.6. The Bertz CT molecular complexity index is 656. The van der Waals surface area contributed by atoms with Crippen molar-refractivity contribution in [3.8, 4) is 0 Å². The van der Waals surface area contributed by atoms with Crippen LogP contribution >= 0.6 is 11.6 Å². The number of nitrogens with zero attached hydrogens (tertiary/aromatic N) is 1. The highest BCUT2D eigenvalue weighted by Gasteiger charge is 2.23. The minimum absolute atomic E-state index is 0.155. The first-order valence-electron chi connectivity index (χ1n) is 8.68. The lowest BCUT2D eigenvalue weighted by molar-refractivity contribution is 0.160. The van der Waals surface area contributed by atoms with Gasteiger partial charge in [0, 0.05) is 29.7 Å². The maximum Gasteiger partial charge on any atom is 0.127 e. The Balaban J connectivity index is 1.70. The number of hydrogen-bond donors (Lipinski definition) is 1. The van der Waals surface area contributed by atoms with Crippen molar-refractivity contribution < 1.29 is 4.39 Å². The molecule has 1 saturated heterocycles. The smallest absolute Gasteiger partial charge is 0.127 e. The summed E-state index contributed by atoms with van der Waals surface area (Å²) in [5.74, 6) is -0.155. The molecule has 0 amide bonds. The fourth-order valence-corrected chi connectivity index (χ4v) is 3.66. The van der Waals surface area contributed by atoms with Crippen molar-refractivity contribution in [1.82, 2.24) is 10.2 Å². The lowest BCUT2D eigenvalue weighted by atomic mass is 10.0. The molecule has 2 aromatic rings. The Morgan fingerprint density at radius 1 is 1.00 bits per heavy atom. The van der Waals surface area contributed by atoms with Crippen molar-refractivity contribution in [3.05, 3.63) is 70.5 Å². The quantitative estimate of drug-likeness (QED) is 0.808. The van der Waals surface area contributed by atoms with Crippen LogP contribution < -0.4 is 5.32 Å². The normalized spacial score (nSPS) is 16.9. The minimum Gasteiger partial charge on any atom is -0.311 e. The zero-order valence-electron chi connectivity index (χ0n) is 13.8. The highest BCUT2D eigenvalue weighted by Crippen LogP contribution is 2.29. The second-order valence-electron chi connectivity index (χ2n) is 6.36. The molecule has 0 bridgehead atoms. The van der Waals surface area contributed by atoms with Crippen molar-refractivity contribution in [2.24, 2.45) is 0 Å². The van der Waals surface area contributed by atoms with Crippen LogP contribution in [-0.2, 0) is 6.54 Å². The molecule has 0 radical (unpaired) electrons. The monoisotopic (exact) mass is 346 g/mol. The average molecular weight is 347 g/mol. The molecule has 0 aliphatic carbocycles. The van der Waals surface area contributed by atoms with E-state index in [1.165, 1.54) is 25.3 Å². The molecular weight excluding hydrogens is 323 g/mol. The summed E-state index contributed by atoms with van der Waals surface area (Å²) in [6.45, 7) is 3.48. The van der Waals surface area contributed by atoms with Gasteiger partial charge in [-0.2, -0.15) is 0 Å². The number of nitrogens with one attached hydrogen (secondary N) is 1. The fourth-order valence-electron chi connectivity index (χ4n) is 3.40. The summed E-state index contributed by atoms with van der Waals surface area (Å²) in [5.41, 5.74) is 1.86. The van der Waals surface area contributed by atoms with Crippen LogP contribution in [0, 0.1) is 5.82 Å². The van der Waals surface area contributed by atoms with E-state index in [-0.39, 0.29) is 11.9 Å². The largest absolute Gasteiger partial charge is 0.311 e. The van der Waals surface area contributed by atoms with Gasteiger partial charge in [0.05, 0.1) is 0 Å². The van der Waals surface area contributed by atoms with E-state index in [1.807, 2.05) is 30.3 Å². The van der Waals surface area contributed by atoms with Gasteiger partial charge in [-0.15, -0.1) is 0 Å². The van der Waals surface area contributed by atoms with E-state index < -0.39 is 0 Å². The molecule has 0 saturated carbocycles. The van der Waals surface area contributed by atoms with Crippen molar-refractivity contribution >= 4 is 11.6 Å². The molecule has 24 heavy (non-hydrogen) atoms. The Morgan fingerprint density at radius 3 is 2.46 bits per heavy atom. The molecule has 3 rings (SSSR count). The maximum absolute atomic E-state index is 13.8. The van der Waals surface area contributed by atoms with E-state index in [2.05, 4.69) is 16.3 Å². The summed E-state index contributed by atoms with van der Waals surface area (Å²) in [4.78, 5) is 2.50. The number of halogens is 2. The molecule has 1 aliphatic heterocycles. The maximum atomic E-state index is 13.8. The molecule has 0 spiro atoms. The van der Waals surface area contributed by atoms with E-state index in [0.29, 0.717) is 12.1 Å². The Kier molecular flexibility index (Phi) is 6.24. The van der Waals surface area contributed by atoms with E-state index in [4.69, 9.17) is 11.6 Å². The molecule has 1 heterocycles. The number of likely N-dealkylation sites (tertiary alicyclic amines) is 1. The van der Waals surface area contributed by atoms with Crippen LogP contribution in [0.25, 0.3) is 0 Å². The van der Waals surface area contributed by atoms with Gasteiger partial charge in [0.25, 0.3) is 0 Å². The number of rotatable bonds is 6. The standard InChI is InChI=1S/C20H24ClFN2/c21-18-10-4-3-9-17(18)20(24-12-6-1-7-13-24)15-23-14-16-8-2-5-11-19(16)22/h2-5,8-11,20,23H,1,6-7,12-15H2. The Hall–Kier alpha value is -1.42. The lowest BCUT2D eigenvalue weighted by Crippen LogP contribution is -2.39. The van der Waals surface area contributed by atoms with Crippen LogP contribution in [0.4, 0.5) is 4.39 Å². The summed E-state index contributed by atoms with van der Waals surface area (Å²) in [7, 11) is 0. The molecule has 128 valence electrons. The number of benzene rings is 2. The molecule has 1 atom stereocenters. The summed E-state index contributed by atoms with van der Waals surface area (Å²) >= 11 is 6.44. The number of piperidine rings is 1. The van der Waals surface area contributed by atoms with Crippen LogP contribution in [0.3, 0.4) is 0 Å². The van der Waals surface area contributed by atoms with E-state index in [1.54, 1.807) is 6.07 Å².